The molecular weight excluding hydrogens is 328 g/mol. The highest BCUT2D eigenvalue weighted by atomic mass is 79.9. The monoisotopic (exact) mass is 340 g/mol. The number of nitrogens with two attached hydrogens (primary N) is 1. The van der Waals surface area contributed by atoms with Crippen LogP contribution in [0.2, 0.25) is 5.02 Å². The molecule has 2 N–H and O–H groups in total. The van der Waals surface area contributed by atoms with Crippen molar-refractivity contribution in [1.29, 1.82) is 0 Å². The summed E-state index contributed by atoms with van der Waals surface area (Å²) in [6.45, 7) is 0. The van der Waals surface area contributed by atoms with Gasteiger partial charge in [-0.15, -0.1) is 0 Å². The van der Waals surface area contributed by atoms with Crippen molar-refractivity contribution in [2.75, 3.05) is 7.11 Å². The lowest BCUT2D eigenvalue weighted by atomic mass is 10.0. The lowest BCUT2D eigenvalue weighted by Crippen LogP contribution is -2.14. The maximum atomic E-state index is 6.21. The van der Waals surface area contributed by atoms with E-state index < -0.39 is 0 Å². The molecule has 0 spiro atoms. The van der Waals surface area contributed by atoms with E-state index in [1.807, 2.05) is 18.2 Å². The van der Waals surface area contributed by atoms with Crippen LogP contribution in [-0.2, 0) is 6.42 Å². The number of benzene rings is 1. The van der Waals surface area contributed by atoms with Crippen LogP contribution >= 0.6 is 27.5 Å². The Kier molecular flexibility index (Phi) is 4.80. The molecule has 2 rings (SSSR count). The van der Waals surface area contributed by atoms with Crippen molar-refractivity contribution in [3.8, 4) is 5.75 Å². The SMILES string of the molecule is COc1ccc(Cl)cc1CC(N)c1cncc(Br)c1. The van der Waals surface area contributed by atoms with Crippen LogP contribution in [0.15, 0.2) is 41.1 Å². The smallest absolute Gasteiger partial charge is 0.122 e. The van der Waals surface area contributed by atoms with Gasteiger partial charge in [-0.2, -0.15) is 0 Å². The first-order valence-corrected chi connectivity index (χ1v) is 6.95. The Morgan fingerprint density at radius 2 is 2.16 bits per heavy atom. The van der Waals surface area contributed by atoms with E-state index in [2.05, 4.69) is 20.9 Å². The summed E-state index contributed by atoms with van der Waals surface area (Å²) in [5.41, 5.74) is 8.17. The molecule has 0 saturated carbocycles. The maximum Gasteiger partial charge on any atom is 0.122 e. The molecule has 2 aromatic rings. The van der Waals surface area contributed by atoms with Gasteiger partial charge in [0.2, 0.25) is 0 Å². The number of hydrogen-bond acceptors (Lipinski definition) is 3. The zero-order valence-corrected chi connectivity index (χ0v) is 12.8. The van der Waals surface area contributed by atoms with E-state index in [-0.39, 0.29) is 6.04 Å². The Morgan fingerprint density at radius 3 is 2.84 bits per heavy atom. The van der Waals surface area contributed by atoms with Crippen LogP contribution in [0.25, 0.3) is 0 Å². The Labute approximate surface area is 125 Å². The second kappa shape index (κ2) is 6.37. The number of rotatable bonds is 4. The fraction of sp³-hybridized carbons (Fsp3) is 0.214. The summed E-state index contributed by atoms with van der Waals surface area (Å²) in [4.78, 5) is 4.12. The quantitative estimate of drug-likeness (QED) is 0.921. The molecule has 0 radical (unpaired) electrons. The molecule has 1 heterocycles. The van der Waals surface area contributed by atoms with Gasteiger partial charge < -0.3 is 10.5 Å². The third-order valence-electron chi connectivity index (χ3n) is 2.84. The molecule has 0 bridgehead atoms. The number of methoxy groups -OCH3 is 1. The number of ether oxygens (including phenoxy) is 1. The summed E-state index contributed by atoms with van der Waals surface area (Å²) in [5.74, 6) is 0.794. The molecule has 0 aliphatic rings. The molecule has 0 fully saturated rings. The molecule has 0 aliphatic carbocycles. The maximum absolute atomic E-state index is 6.21. The van der Waals surface area contributed by atoms with Crippen molar-refractivity contribution >= 4 is 27.5 Å². The summed E-state index contributed by atoms with van der Waals surface area (Å²) < 4.78 is 6.24. The van der Waals surface area contributed by atoms with Gasteiger partial charge in [-0.1, -0.05) is 11.6 Å². The zero-order chi connectivity index (χ0) is 13.8. The topological polar surface area (TPSA) is 48.1 Å². The molecule has 100 valence electrons. The molecule has 5 heteroatoms. The number of hydrogen-bond donors (Lipinski definition) is 1. The predicted octanol–water partition coefficient (Wildman–Crippen LogP) is 3.75. The molecule has 1 unspecified atom stereocenters. The first-order chi connectivity index (χ1) is 9.10. The van der Waals surface area contributed by atoms with Crippen molar-refractivity contribution in [3.63, 3.8) is 0 Å². The van der Waals surface area contributed by atoms with Gasteiger partial charge in [0.05, 0.1) is 7.11 Å². The van der Waals surface area contributed by atoms with Crippen molar-refractivity contribution < 1.29 is 4.74 Å². The van der Waals surface area contributed by atoms with Crippen LogP contribution in [0.5, 0.6) is 5.75 Å². The average Bonchev–Trinajstić information content (AvgIpc) is 2.39. The van der Waals surface area contributed by atoms with Gasteiger partial charge in [0.1, 0.15) is 5.75 Å². The molecule has 1 aromatic carbocycles. The van der Waals surface area contributed by atoms with Crippen molar-refractivity contribution in [2.45, 2.75) is 12.5 Å². The van der Waals surface area contributed by atoms with E-state index in [9.17, 15) is 0 Å². The second-order valence-corrected chi connectivity index (χ2v) is 5.56. The Hall–Kier alpha value is -1.10. The summed E-state index contributed by atoms with van der Waals surface area (Å²) in [5, 5.41) is 0.676. The molecule has 1 atom stereocenters. The first-order valence-electron chi connectivity index (χ1n) is 5.78. The van der Waals surface area contributed by atoms with Gasteiger partial charge in [0, 0.05) is 27.9 Å². The summed E-state index contributed by atoms with van der Waals surface area (Å²) in [6.07, 6.45) is 4.14. The van der Waals surface area contributed by atoms with Crippen LogP contribution in [0, 0.1) is 0 Å². The van der Waals surface area contributed by atoms with E-state index >= 15 is 0 Å². The minimum Gasteiger partial charge on any atom is -0.496 e. The van der Waals surface area contributed by atoms with Crippen molar-refractivity contribution in [1.82, 2.24) is 4.98 Å². The number of halogens is 2. The van der Waals surface area contributed by atoms with Crippen LogP contribution in [-0.4, -0.2) is 12.1 Å². The van der Waals surface area contributed by atoms with E-state index in [1.165, 1.54) is 0 Å². The second-order valence-electron chi connectivity index (χ2n) is 4.20. The van der Waals surface area contributed by atoms with E-state index in [1.54, 1.807) is 25.6 Å². The highest BCUT2D eigenvalue weighted by Crippen LogP contribution is 2.27. The third-order valence-corrected chi connectivity index (χ3v) is 3.51. The van der Waals surface area contributed by atoms with Crippen molar-refractivity contribution in [3.05, 3.63) is 57.3 Å². The third kappa shape index (κ3) is 3.69. The number of aromatic nitrogens is 1. The largest absolute Gasteiger partial charge is 0.496 e. The highest BCUT2D eigenvalue weighted by Gasteiger charge is 2.12. The number of pyridine rings is 1. The van der Waals surface area contributed by atoms with Gasteiger partial charge in [-0.25, -0.2) is 0 Å². The number of nitrogens with zero attached hydrogens (tertiary/aromatic N) is 1. The fourth-order valence-corrected chi connectivity index (χ4v) is 2.47. The Balaban J connectivity index is 2.23. The normalized spacial score (nSPS) is 12.2. The van der Waals surface area contributed by atoms with E-state index in [0.717, 1.165) is 21.3 Å². The fourth-order valence-electron chi connectivity index (χ4n) is 1.89. The average molecular weight is 342 g/mol. The van der Waals surface area contributed by atoms with Gasteiger partial charge in [0.25, 0.3) is 0 Å². The molecule has 0 saturated heterocycles. The minimum absolute atomic E-state index is 0.155. The van der Waals surface area contributed by atoms with Crippen LogP contribution < -0.4 is 10.5 Å². The lowest BCUT2D eigenvalue weighted by Gasteiger charge is -2.15. The van der Waals surface area contributed by atoms with Gasteiger partial charge >= 0.3 is 0 Å². The van der Waals surface area contributed by atoms with Gasteiger partial charge in [-0.05, 0) is 57.7 Å². The molecule has 19 heavy (non-hydrogen) atoms. The van der Waals surface area contributed by atoms with Gasteiger partial charge in [0.15, 0.2) is 0 Å². The zero-order valence-electron chi connectivity index (χ0n) is 10.4. The molecule has 3 nitrogen and oxygen atoms in total. The van der Waals surface area contributed by atoms with Crippen molar-refractivity contribution in [2.24, 2.45) is 5.73 Å². The first kappa shape index (κ1) is 14.3. The molecule has 0 amide bonds. The summed E-state index contributed by atoms with van der Waals surface area (Å²) >= 11 is 9.40. The molecular formula is C14H14BrClN2O. The summed E-state index contributed by atoms with van der Waals surface area (Å²) in [6, 6.07) is 7.34. The Morgan fingerprint density at radius 1 is 1.37 bits per heavy atom. The molecule has 1 aromatic heterocycles. The Bertz CT molecular complexity index is 577. The van der Waals surface area contributed by atoms with Crippen LogP contribution in [0.4, 0.5) is 0 Å². The van der Waals surface area contributed by atoms with E-state index in [4.69, 9.17) is 22.1 Å². The van der Waals surface area contributed by atoms with E-state index in [0.29, 0.717) is 11.4 Å². The summed E-state index contributed by atoms with van der Waals surface area (Å²) in [7, 11) is 1.64. The highest BCUT2D eigenvalue weighted by molar-refractivity contribution is 9.10. The van der Waals surface area contributed by atoms with Gasteiger partial charge in [-0.3, -0.25) is 4.98 Å². The van der Waals surface area contributed by atoms with Crippen LogP contribution in [0.1, 0.15) is 17.2 Å². The minimum atomic E-state index is -0.155. The lowest BCUT2D eigenvalue weighted by molar-refractivity contribution is 0.408. The van der Waals surface area contributed by atoms with Crippen LogP contribution in [0.3, 0.4) is 0 Å². The molecule has 0 aliphatic heterocycles. The standard InChI is InChI=1S/C14H14BrClN2O/c1-19-14-3-2-12(16)5-9(14)6-13(17)10-4-11(15)8-18-7-10/h2-5,7-8,13H,6,17H2,1H3. The predicted molar refractivity (Wildman–Crippen MR) is 80.6 cm³/mol.